The molecule has 0 saturated carbocycles. The topological polar surface area (TPSA) is 69.0 Å². The first kappa shape index (κ1) is 17.8. The van der Waals surface area contributed by atoms with E-state index in [0.29, 0.717) is 25.3 Å². The number of benzene rings is 2. The third-order valence-corrected chi connectivity index (χ3v) is 4.13. The summed E-state index contributed by atoms with van der Waals surface area (Å²) in [6, 6.07) is 17.6. The SMILES string of the molecule is CCc1c(C(=O)Nc2ccccc2COC)nnn1Cc1ccccc1. The molecule has 134 valence electrons. The molecule has 0 aliphatic heterocycles. The Morgan fingerprint density at radius 3 is 2.58 bits per heavy atom. The molecule has 6 nitrogen and oxygen atoms in total. The van der Waals surface area contributed by atoms with Gasteiger partial charge in [0.15, 0.2) is 5.69 Å². The van der Waals surface area contributed by atoms with E-state index in [-0.39, 0.29) is 5.91 Å². The lowest BCUT2D eigenvalue weighted by Crippen LogP contribution is -2.16. The minimum absolute atomic E-state index is 0.260. The number of aromatic nitrogens is 3. The minimum Gasteiger partial charge on any atom is -0.380 e. The second-order valence-corrected chi connectivity index (χ2v) is 5.93. The number of amides is 1. The molecule has 1 aromatic heterocycles. The lowest BCUT2D eigenvalue weighted by molar-refractivity contribution is 0.102. The van der Waals surface area contributed by atoms with Crippen molar-refractivity contribution in [2.45, 2.75) is 26.5 Å². The molecule has 0 unspecified atom stereocenters. The Hall–Kier alpha value is -2.99. The zero-order valence-corrected chi connectivity index (χ0v) is 15.0. The minimum atomic E-state index is -0.260. The van der Waals surface area contributed by atoms with Crippen LogP contribution in [0.5, 0.6) is 0 Å². The number of rotatable bonds is 7. The number of carbonyl (C=O) groups is 1. The number of nitrogens with zero attached hydrogens (tertiary/aromatic N) is 3. The molecule has 1 N–H and O–H groups in total. The van der Waals surface area contributed by atoms with Crippen LogP contribution in [0.2, 0.25) is 0 Å². The van der Waals surface area contributed by atoms with E-state index in [1.165, 1.54) is 0 Å². The Kier molecular flexibility index (Phi) is 5.76. The molecule has 0 spiro atoms. The number of para-hydroxylation sites is 1. The predicted molar refractivity (Wildman–Crippen MR) is 100 cm³/mol. The van der Waals surface area contributed by atoms with Crippen LogP contribution >= 0.6 is 0 Å². The van der Waals surface area contributed by atoms with E-state index in [9.17, 15) is 4.79 Å². The molecule has 26 heavy (non-hydrogen) atoms. The van der Waals surface area contributed by atoms with Crippen LogP contribution in [0.1, 0.15) is 34.2 Å². The van der Waals surface area contributed by atoms with Crippen LogP contribution in [0.25, 0.3) is 0 Å². The molecule has 1 amide bonds. The van der Waals surface area contributed by atoms with Gasteiger partial charge in [-0.15, -0.1) is 5.10 Å². The van der Waals surface area contributed by atoms with E-state index >= 15 is 0 Å². The van der Waals surface area contributed by atoms with Gasteiger partial charge in [-0.25, -0.2) is 4.68 Å². The number of nitrogens with one attached hydrogen (secondary N) is 1. The van der Waals surface area contributed by atoms with Crippen LogP contribution in [0, 0.1) is 0 Å². The maximum Gasteiger partial charge on any atom is 0.278 e. The molecule has 3 aromatic rings. The molecule has 0 atom stereocenters. The molecule has 3 rings (SSSR count). The van der Waals surface area contributed by atoms with Gasteiger partial charge in [-0.05, 0) is 18.1 Å². The van der Waals surface area contributed by atoms with Gasteiger partial charge in [0.05, 0.1) is 18.8 Å². The highest BCUT2D eigenvalue weighted by Crippen LogP contribution is 2.18. The van der Waals surface area contributed by atoms with Gasteiger partial charge in [0.1, 0.15) is 0 Å². The van der Waals surface area contributed by atoms with Crippen LogP contribution < -0.4 is 5.32 Å². The van der Waals surface area contributed by atoms with Crippen molar-refractivity contribution in [3.63, 3.8) is 0 Å². The van der Waals surface area contributed by atoms with Gasteiger partial charge in [0.2, 0.25) is 0 Å². The van der Waals surface area contributed by atoms with E-state index in [1.54, 1.807) is 11.8 Å². The Morgan fingerprint density at radius 1 is 1.12 bits per heavy atom. The van der Waals surface area contributed by atoms with Gasteiger partial charge >= 0.3 is 0 Å². The van der Waals surface area contributed by atoms with Crippen molar-refractivity contribution in [3.05, 3.63) is 77.1 Å². The highest BCUT2D eigenvalue weighted by Gasteiger charge is 2.19. The van der Waals surface area contributed by atoms with Gasteiger partial charge in [-0.3, -0.25) is 4.79 Å². The second-order valence-electron chi connectivity index (χ2n) is 5.93. The van der Waals surface area contributed by atoms with E-state index in [1.807, 2.05) is 61.5 Å². The third kappa shape index (κ3) is 3.97. The molecular formula is C20H22N4O2. The van der Waals surface area contributed by atoms with E-state index in [4.69, 9.17) is 4.74 Å². The summed E-state index contributed by atoms with van der Waals surface area (Å²) in [5, 5.41) is 11.2. The standard InChI is InChI=1S/C20H22N4O2/c1-3-18-19(22-23-24(18)13-15-9-5-4-6-10-15)20(25)21-17-12-8-7-11-16(17)14-26-2/h4-12H,3,13-14H2,1-2H3,(H,21,25). The zero-order valence-electron chi connectivity index (χ0n) is 15.0. The Labute approximate surface area is 152 Å². The summed E-state index contributed by atoms with van der Waals surface area (Å²) >= 11 is 0. The van der Waals surface area contributed by atoms with Gasteiger partial charge in [0, 0.05) is 18.4 Å². The van der Waals surface area contributed by atoms with E-state index in [0.717, 1.165) is 22.5 Å². The number of ether oxygens (including phenoxy) is 1. The Balaban J connectivity index is 1.82. The fraction of sp³-hybridized carbons (Fsp3) is 0.250. The van der Waals surface area contributed by atoms with Crippen molar-refractivity contribution in [2.24, 2.45) is 0 Å². The first-order valence-electron chi connectivity index (χ1n) is 8.57. The number of anilines is 1. The Bertz CT molecular complexity index is 875. The first-order chi connectivity index (χ1) is 12.7. The molecule has 0 bridgehead atoms. The summed E-state index contributed by atoms with van der Waals surface area (Å²) in [6.07, 6.45) is 0.669. The van der Waals surface area contributed by atoms with Gasteiger partial charge < -0.3 is 10.1 Å². The summed E-state index contributed by atoms with van der Waals surface area (Å²) in [4.78, 5) is 12.7. The quantitative estimate of drug-likeness (QED) is 0.710. The molecule has 0 aliphatic rings. The highest BCUT2D eigenvalue weighted by molar-refractivity contribution is 6.04. The normalized spacial score (nSPS) is 10.7. The fourth-order valence-corrected chi connectivity index (χ4v) is 2.85. The van der Waals surface area contributed by atoms with Crippen LogP contribution in [-0.4, -0.2) is 28.0 Å². The van der Waals surface area contributed by atoms with Crippen molar-refractivity contribution in [1.82, 2.24) is 15.0 Å². The summed E-state index contributed by atoms with van der Waals surface area (Å²) in [5.41, 5.74) is 3.92. The molecule has 6 heteroatoms. The summed E-state index contributed by atoms with van der Waals surface area (Å²) < 4.78 is 6.97. The lowest BCUT2D eigenvalue weighted by Gasteiger charge is -2.10. The van der Waals surface area contributed by atoms with Crippen molar-refractivity contribution >= 4 is 11.6 Å². The third-order valence-electron chi connectivity index (χ3n) is 4.13. The molecular weight excluding hydrogens is 328 g/mol. The molecule has 0 fully saturated rings. The Morgan fingerprint density at radius 2 is 1.85 bits per heavy atom. The maximum absolute atomic E-state index is 12.7. The molecule has 1 heterocycles. The zero-order chi connectivity index (χ0) is 18.4. The average Bonchev–Trinajstić information content (AvgIpc) is 3.07. The van der Waals surface area contributed by atoms with Crippen LogP contribution in [0.4, 0.5) is 5.69 Å². The molecule has 0 aliphatic carbocycles. The second kappa shape index (κ2) is 8.40. The predicted octanol–water partition coefficient (Wildman–Crippen LogP) is 3.29. The lowest BCUT2D eigenvalue weighted by atomic mass is 10.1. The van der Waals surface area contributed by atoms with Crippen molar-refractivity contribution in [1.29, 1.82) is 0 Å². The largest absolute Gasteiger partial charge is 0.380 e. The number of hydrogen-bond donors (Lipinski definition) is 1. The van der Waals surface area contributed by atoms with Crippen molar-refractivity contribution in [3.8, 4) is 0 Å². The molecule has 0 saturated heterocycles. The summed E-state index contributed by atoms with van der Waals surface area (Å²) in [7, 11) is 1.63. The van der Waals surface area contributed by atoms with Gasteiger partial charge in [-0.2, -0.15) is 0 Å². The fourth-order valence-electron chi connectivity index (χ4n) is 2.85. The van der Waals surface area contributed by atoms with Crippen LogP contribution in [0.3, 0.4) is 0 Å². The molecule has 2 aromatic carbocycles. The van der Waals surface area contributed by atoms with Crippen molar-refractivity contribution < 1.29 is 9.53 Å². The average molecular weight is 350 g/mol. The maximum atomic E-state index is 12.7. The van der Waals surface area contributed by atoms with E-state index in [2.05, 4.69) is 15.6 Å². The molecule has 0 radical (unpaired) electrons. The number of methoxy groups -OCH3 is 1. The smallest absolute Gasteiger partial charge is 0.278 e. The monoisotopic (exact) mass is 350 g/mol. The highest BCUT2D eigenvalue weighted by atomic mass is 16.5. The van der Waals surface area contributed by atoms with Gasteiger partial charge in [0.25, 0.3) is 5.91 Å². The summed E-state index contributed by atoms with van der Waals surface area (Å²) in [6.45, 7) is 3.01. The first-order valence-corrected chi connectivity index (χ1v) is 8.57. The van der Waals surface area contributed by atoms with Crippen LogP contribution in [-0.2, 0) is 24.3 Å². The van der Waals surface area contributed by atoms with Crippen LogP contribution in [0.15, 0.2) is 54.6 Å². The number of hydrogen-bond acceptors (Lipinski definition) is 4. The van der Waals surface area contributed by atoms with Crippen molar-refractivity contribution in [2.75, 3.05) is 12.4 Å². The summed E-state index contributed by atoms with van der Waals surface area (Å²) in [5.74, 6) is -0.260. The number of carbonyl (C=O) groups excluding carboxylic acids is 1. The van der Waals surface area contributed by atoms with Gasteiger partial charge in [-0.1, -0.05) is 60.7 Å². The van der Waals surface area contributed by atoms with E-state index < -0.39 is 0 Å².